The summed E-state index contributed by atoms with van der Waals surface area (Å²) in [6, 6.07) is 6.24. The highest BCUT2D eigenvalue weighted by atomic mass is 35.5. The maximum Gasteiger partial charge on any atom is 0.243 e. The van der Waals surface area contributed by atoms with E-state index in [1.54, 1.807) is 12.1 Å². The maximum absolute atomic E-state index is 12.7. The number of carbonyl (C=O) groups is 1. The van der Waals surface area contributed by atoms with Crippen LogP contribution in [0.15, 0.2) is 29.2 Å². The Kier molecular flexibility index (Phi) is 5.01. The number of nitrogens with zero attached hydrogens (tertiary/aromatic N) is 2. The molecule has 5 nitrogen and oxygen atoms in total. The third-order valence-electron chi connectivity index (χ3n) is 6.36. The van der Waals surface area contributed by atoms with Gasteiger partial charge in [0.1, 0.15) is 0 Å². The van der Waals surface area contributed by atoms with Gasteiger partial charge in [-0.1, -0.05) is 18.0 Å². The Morgan fingerprint density at radius 1 is 1.04 bits per heavy atom. The molecule has 3 fully saturated rings. The molecule has 1 aromatic rings. The number of rotatable bonds is 4. The van der Waals surface area contributed by atoms with Crippen molar-refractivity contribution in [3.05, 3.63) is 29.3 Å². The molecule has 1 aromatic carbocycles. The average molecular weight is 397 g/mol. The molecular weight excluding hydrogens is 372 g/mol. The molecule has 7 heteroatoms. The smallest absolute Gasteiger partial charge is 0.243 e. The van der Waals surface area contributed by atoms with Gasteiger partial charge in [-0.25, -0.2) is 8.42 Å². The maximum atomic E-state index is 12.7. The molecule has 2 bridgehead atoms. The molecule has 142 valence electrons. The third kappa shape index (κ3) is 3.51. The molecule has 1 aliphatic heterocycles. The summed E-state index contributed by atoms with van der Waals surface area (Å²) in [6.07, 6.45) is 5.80. The van der Waals surface area contributed by atoms with Crippen LogP contribution in [0.25, 0.3) is 0 Å². The van der Waals surface area contributed by atoms with Gasteiger partial charge >= 0.3 is 0 Å². The summed E-state index contributed by atoms with van der Waals surface area (Å²) in [5.74, 6) is 2.35. The molecule has 2 saturated carbocycles. The van der Waals surface area contributed by atoms with E-state index in [-0.39, 0.29) is 10.8 Å². The fourth-order valence-electron chi connectivity index (χ4n) is 4.91. The van der Waals surface area contributed by atoms with E-state index in [1.165, 1.54) is 42.1 Å². The van der Waals surface area contributed by atoms with E-state index in [0.717, 1.165) is 11.8 Å². The van der Waals surface area contributed by atoms with Crippen molar-refractivity contribution in [3.8, 4) is 0 Å². The molecule has 0 N–H and O–H groups in total. The van der Waals surface area contributed by atoms with Gasteiger partial charge in [-0.3, -0.25) is 4.79 Å². The highest BCUT2D eigenvalue weighted by molar-refractivity contribution is 7.89. The van der Waals surface area contributed by atoms with Gasteiger partial charge in [-0.2, -0.15) is 4.31 Å². The fourth-order valence-corrected chi connectivity index (χ4v) is 6.46. The van der Waals surface area contributed by atoms with Crippen molar-refractivity contribution < 1.29 is 13.2 Å². The highest BCUT2D eigenvalue weighted by Gasteiger charge is 2.41. The van der Waals surface area contributed by atoms with Crippen molar-refractivity contribution in [2.24, 2.45) is 17.8 Å². The SMILES string of the molecule is O=C(C[C@H]1C[C@H]2CC[C@@H]1C2)N1CCN(S(=O)(=O)c2ccc(Cl)cc2)CC1. The Bertz CT molecular complexity index is 772. The topological polar surface area (TPSA) is 57.7 Å². The average Bonchev–Trinajstić information content (AvgIpc) is 3.25. The minimum Gasteiger partial charge on any atom is -0.340 e. The van der Waals surface area contributed by atoms with Gasteiger partial charge in [0.15, 0.2) is 0 Å². The Morgan fingerprint density at radius 2 is 1.73 bits per heavy atom. The van der Waals surface area contributed by atoms with E-state index < -0.39 is 10.0 Å². The largest absolute Gasteiger partial charge is 0.340 e. The lowest BCUT2D eigenvalue weighted by Gasteiger charge is -2.35. The van der Waals surface area contributed by atoms with E-state index in [4.69, 9.17) is 11.6 Å². The lowest BCUT2D eigenvalue weighted by molar-refractivity contribution is -0.133. The Balaban J connectivity index is 1.33. The van der Waals surface area contributed by atoms with Crippen LogP contribution in [-0.2, 0) is 14.8 Å². The first-order chi connectivity index (χ1) is 12.4. The molecule has 1 amide bonds. The van der Waals surface area contributed by atoms with Crippen LogP contribution in [0.2, 0.25) is 5.02 Å². The van der Waals surface area contributed by atoms with Crippen LogP contribution >= 0.6 is 11.6 Å². The molecule has 0 unspecified atom stereocenters. The summed E-state index contributed by atoms with van der Waals surface area (Å²) in [5, 5.41) is 0.514. The van der Waals surface area contributed by atoms with Crippen molar-refractivity contribution in [1.29, 1.82) is 0 Å². The van der Waals surface area contributed by atoms with Gasteiger partial charge in [0.05, 0.1) is 4.90 Å². The summed E-state index contributed by atoms with van der Waals surface area (Å²) >= 11 is 5.84. The molecule has 3 aliphatic rings. The molecule has 0 radical (unpaired) electrons. The zero-order valence-corrected chi connectivity index (χ0v) is 16.4. The van der Waals surface area contributed by atoms with Gasteiger partial charge < -0.3 is 4.90 Å². The molecule has 3 atom stereocenters. The van der Waals surface area contributed by atoms with Gasteiger partial charge in [-0.05, 0) is 61.3 Å². The van der Waals surface area contributed by atoms with E-state index in [1.807, 2.05) is 4.90 Å². The molecule has 1 saturated heterocycles. The Labute approximate surface area is 160 Å². The quantitative estimate of drug-likeness (QED) is 0.786. The number of benzene rings is 1. The van der Waals surface area contributed by atoms with Crippen LogP contribution in [-0.4, -0.2) is 49.7 Å². The van der Waals surface area contributed by atoms with Crippen molar-refractivity contribution in [2.75, 3.05) is 26.2 Å². The molecule has 1 heterocycles. The second-order valence-corrected chi connectivity index (χ2v) is 10.3. The zero-order chi connectivity index (χ0) is 18.3. The van der Waals surface area contributed by atoms with Gasteiger partial charge in [0, 0.05) is 37.6 Å². The summed E-state index contributed by atoms with van der Waals surface area (Å²) in [7, 11) is -3.52. The van der Waals surface area contributed by atoms with Crippen LogP contribution in [0.4, 0.5) is 0 Å². The standard InChI is InChI=1S/C19H25ClN2O3S/c20-17-3-5-18(6-4-17)26(24,25)22-9-7-21(8-10-22)19(23)13-16-12-14-1-2-15(16)11-14/h3-6,14-16H,1-2,7-13H2/t14-,15+,16+/m0/s1. The number of hydrogen-bond acceptors (Lipinski definition) is 3. The Hall–Kier alpha value is -1.11. The fraction of sp³-hybridized carbons (Fsp3) is 0.632. The minimum absolute atomic E-state index is 0.200. The van der Waals surface area contributed by atoms with E-state index >= 15 is 0 Å². The minimum atomic E-state index is -3.52. The number of amides is 1. The van der Waals surface area contributed by atoms with Crippen LogP contribution in [0.5, 0.6) is 0 Å². The number of sulfonamides is 1. The first-order valence-corrected chi connectivity index (χ1v) is 11.3. The molecule has 0 spiro atoms. The van der Waals surface area contributed by atoms with Gasteiger partial charge in [0.2, 0.25) is 15.9 Å². The summed E-state index contributed by atoms with van der Waals surface area (Å²) in [5.41, 5.74) is 0. The van der Waals surface area contributed by atoms with E-state index in [2.05, 4.69) is 0 Å². The Morgan fingerprint density at radius 3 is 2.31 bits per heavy atom. The number of halogens is 1. The molecule has 0 aromatic heterocycles. The molecule has 4 rings (SSSR count). The van der Waals surface area contributed by atoms with Gasteiger partial charge in [-0.15, -0.1) is 0 Å². The normalized spacial score (nSPS) is 29.3. The van der Waals surface area contributed by atoms with Crippen LogP contribution < -0.4 is 0 Å². The van der Waals surface area contributed by atoms with Crippen LogP contribution in [0.1, 0.15) is 32.1 Å². The first kappa shape index (κ1) is 18.3. The zero-order valence-electron chi connectivity index (χ0n) is 14.8. The highest BCUT2D eigenvalue weighted by Crippen LogP contribution is 2.49. The first-order valence-electron chi connectivity index (χ1n) is 9.47. The number of hydrogen-bond donors (Lipinski definition) is 0. The van der Waals surface area contributed by atoms with Crippen LogP contribution in [0.3, 0.4) is 0 Å². The third-order valence-corrected chi connectivity index (χ3v) is 8.53. The predicted molar refractivity (Wildman–Crippen MR) is 100 cm³/mol. The van der Waals surface area contributed by atoms with Crippen molar-refractivity contribution in [2.45, 2.75) is 37.0 Å². The lowest BCUT2D eigenvalue weighted by atomic mass is 9.86. The second kappa shape index (κ2) is 7.13. The molecule has 2 aliphatic carbocycles. The second-order valence-electron chi connectivity index (χ2n) is 7.88. The van der Waals surface area contributed by atoms with Crippen LogP contribution in [0, 0.1) is 17.8 Å². The van der Waals surface area contributed by atoms with Crippen molar-refractivity contribution >= 4 is 27.5 Å². The van der Waals surface area contributed by atoms with E-state index in [0.29, 0.717) is 43.5 Å². The predicted octanol–water partition coefficient (Wildman–Crippen LogP) is 3.00. The molecular formula is C19H25ClN2O3S. The number of fused-ring (bicyclic) bond motifs is 2. The summed E-state index contributed by atoms with van der Waals surface area (Å²) < 4.78 is 26.9. The number of piperazine rings is 1. The summed E-state index contributed by atoms with van der Waals surface area (Å²) in [6.45, 7) is 1.67. The lowest BCUT2D eigenvalue weighted by Crippen LogP contribution is -2.50. The molecule has 26 heavy (non-hydrogen) atoms. The summed E-state index contributed by atoms with van der Waals surface area (Å²) in [4.78, 5) is 14.7. The van der Waals surface area contributed by atoms with E-state index in [9.17, 15) is 13.2 Å². The van der Waals surface area contributed by atoms with Crippen molar-refractivity contribution in [1.82, 2.24) is 9.21 Å². The number of carbonyl (C=O) groups excluding carboxylic acids is 1. The van der Waals surface area contributed by atoms with Crippen molar-refractivity contribution in [3.63, 3.8) is 0 Å². The van der Waals surface area contributed by atoms with Gasteiger partial charge in [0.25, 0.3) is 0 Å². The monoisotopic (exact) mass is 396 g/mol.